The Hall–Kier alpha value is -4.64. The van der Waals surface area contributed by atoms with Crippen molar-refractivity contribution in [3.63, 3.8) is 0 Å². The molecule has 0 aliphatic carbocycles. The third-order valence-electron chi connectivity index (χ3n) is 5.74. The first-order valence-corrected chi connectivity index (χ1v) is 13.6. The average molecular weight is 561 g/mol. The molecule has 0 saturated carbocycles. The lowest BCUT2D eigenvalue weighted by molar-refractivity contribution is -0.115. The van der Waals surface area contributed by atoms with Crippen LogP contribution in [0.2, 0.25) is 0 Å². The number of carbonyl (C=O) groups excluding carboxylic acids is 1. The van der Waals surface area contributed by atoms with Gasteiger partial charge in [-0.25, -0.2) is 0 Å². The fraction of sp³-hybridized carbons (Fsp3) is 0.207. The normalized spacial score (nSPS) is 11.1. The van der Waals surface area contributed by atoms with E-state index >= 15 is 0 Å². The van der Waals surface area contributed by atoms with Gasteiger partial charge < -0.3 is 19.0 Å². The third-order valence-corrected chi connectivity index (χ3v) is 6.42. The summed E-state index contributed by atoms with van der Waals surface area (Å²) in [5, 5.41) is 7.87. The summed E-state index contributed by atoms with van der Waals surface area (Å²) < 4.78 is 27.0. The Kier molecular flexibility index (Phi) is 8.85. The van der Waals surface area contributed by atoms with Crippen LogP contribution in [0.1, 0.15) is 34.8 Å². The number of nitrogens with one attached hydrogen (secondary N) is 2. The average Bonchev–Trinajstić information content (AvgIpc) is 3.40. The number of amides is 1. The molecule has 40 heavy (non-hydrogen) atoms. The second-order valence-corrected chi connectivity index (χ2v) is 10.9. The van der Waals surface area contributed by atoms with Crippen molar-refractivity contribution in [2.75, 3.05) is 5.32 Å². The fourth-order valence-corrected chi connectivity index (χ4v) is 4.17. The number of anilines is 1. The number of aromatic nitrogens is 5. The molecule has 210 valence electrons. The fourth-order valence-electron chi connectivity index (χ4n) is 3.76. The first kappa shape index (κ1) is 28.4. The number of ether oxygens (including phenoxy) is 1. The van der Waals surface area contributed by atoms with E-state index < -0.39 is 10.6 Å². The number of hydrogen-bond donors (Lipinski definition) is 2. The molecule has 3 aromatic heterocycles. The first-order chi connectivity index (χ1) is 19.1. The molecule has 0 radical (unpaired) electrons. The molecule has 0 bridgehead atoms. The Balaban J connectivity index is 0.000000687. The van der Waals surface area contributed by atoms with Crippen molar-refractivity contribution in [3.8, 4) is 11.5 Å². The number of pyridine rings is 1. The third kappa shape index (κ3) is 7.48. The molecule has 0 aliphatic heterocycles. The van der Waals surface area contributed by atoms with Gasteiger partial charge in [0, 0.05) is 45.4 Å². The zero-order chi connectivity index (χ0) is 28.7. The minimum atomic E-state index is -1.85. The molecule has 0 unspecified atom stereocenters. The largest absolute Gasteiger partial charge is 0.456 e. The van der Waals surface area contributed by atoms with Gasteiger partial charge in [0.2, 0.25) is 5.91 Å². The van der Waals surface area contributed by atoms with E-state index in [-0.39, 0.29) is 20.7 Å². The topological polar surface area (TPSA) is 136 Å². The number of benzene rings is 2. The van der Waals surface area contributed by atoms with Gasteiger partial charge in [-0.3, -0.25) is 24.4 Å². The number of nitrogens with zero attached hydrogens (tertiary/aromatic N) is 5. The van der Waals surface area contributed by atoms with Gasteiger partial charge in [-0.2, -0.15) is 15.7 Å². The molecule has 0 atom stereocenters. The van der Waals surface area contributed by atoms with Crippen LogP contribution in [0.25, 0.3) is 10.9 Å². The molecule has 0 aliphatic rings. The van der Waals surface area contributed by atoms with Crippen LogP contribution in [0.15, 0.2) is 90.7 Å². The van der Waals surface area contributed by atoms with Crippen molar-refractivity contribution in [1.29, 1.82) is 4.78 Å². The monoisotopic (exact) mass is 560 g/mol. The lowest BCUT2D eigenvalue weighted by atomic mass is 10.1. The van der Waals surface area contributed by atoms with Gasteiger partial charge in [-0.05, 0) is 57.0 Å². The van der Waals surface area contributed by atoms with Gasteiger partial charge in [-0.15, -0.1) is 0 Å². The second-order valence-electron chi connectivity index (χ2n) is 9.92. The maximum Gasteiger partial charge on any atom is 0.228 e. The number of fused-ring (bicyclic) bond motifs is 1. The Labute approximate surface area is 237 Å². The van der Waals surface area contributed by atoms with Crippen LogP contribution in [0.5, 0.6) is 11.5 Å². The zero-order valence-electron chi connectivity index (χ0n) is 22.7. The highest BCUT2D eigenvalue weighted by atomic mass is 32.2. The Bertz CT molecular complexity index is 1670. The molecule has 0 spiro atoms. The van der Waals surface area contributed by atoms with Crippen molar-refractivity contribution in [1.82, 2.24) is 24.7 Å². The minimum Gasteiger partial charge on any atom is -0.456 e. The molecule has 11 heteroatoms. The molecule has 2 N–H and O–H groups in total. The summed E-state index contributed by atoms with van der Waals surface area (Å²) in [6.07, 6.45) is 11.9. The Morgan fingerprint density at radius 1 is 1.02 bits per heavy atom. The Morgan fingerprint density at radius 3 is 2.35 bits per heavy atom. The van der Waals surface area contributed by atoms with Gasteiger partial charge >= 0.3 is 0 Å². The quantitative estimate of drug-likeness (QED) is 0.226. The van der Waals surface area contributed by atoms with Crippen molar-refractivity contribution in [2.24, 2.45) is 0 Å². The highest BCUT2D eigenvalue weighted by molar-refractivity contribution is 7.73. The van der Waals surface area contributed by atoms with E-state index in [1.54, 1.807) is 61.4 Å². The standard InChI is InChI=1S/C25H26N5O3S.C4H4N2.2H2/c1-16-11-17(12-24(31)29-18-14-28-30(15-18)25(2,3)4)5-8-22(16)33-23-9-10-27-21-7-6-19(34(26)32)13-20(21)23;1-2-6-4-3-5-1;;/h5-11,13-15,26H,12H2,1-4H3,(H,29,31);1-4H;2*1H/q-1;;;. The number of hydrogen-bond acceptors (Lipinski definition) is 9. The maximum atomic E-state index is 12.5. The van der Waals surface area contributed by atoms with E-state index in [2.05, 4.69) is 25.4 Å². The molecule has 0 saturated heterocycles. The van der Waals surface area contributed by atoms with Crippen LogP contribution in [0.4, 0.5) is 5.69 Å². The van der Waals surface area contributed by atoms with Crippen LogP contribution >= 0.6 is 0 Å². The summed E-state index contributed by atoms with van der Waals surface area (Å²) in [7, 11) is -1.85. The summed E-state index contributed by atoms with van der Waals surface area (Å²) in [6, 6.07) is 12.4. The van der Waals surface area contributed by atoms with Crippen molar-refractivity contribution < 1.29 is 16.6 Å². The summed E-state index contributed by atoms with van der Waals surface area (Å²) in [5.41, 5.74) is 2.92. The van der Waals surface area contributed by atoms with Crippen molar-refractivity contribution in [3.05, 3.63) is 97.0 Å². The highest BCUT2D eigenvalue weighted by Crippen LogP contribution is 2.32. The summed E-state index contributed by atoms with van der Waals surface area (Å²) in [6.45, 7) is 8.05. The lowest BCUT2D eigenvalue weighted by Crippen LogP contribution is -2.22. The lowest BCUT2D eigenvalue weighted by Gasteiger charge is -2.18. The zero-order valence-corrected chi connectivity index (χ0v) is 23.5. The molecule has 1 amide bonds. The van der Waals surface area contributed by atoms with Gasteiger partial charge in [0.15, 0.2) is 0 Å². The molecule has 5 rings (SSSR count). The number of aryl methyl sites for hydroxylation is 1. The predicted octanol–water partition coefficient (Wildman–Crippen LogP) is 6.52. The van der Waals surface area contributed by atoms with E-state index in [4.69, 9.17) is 9.52 Å². The van der Waals surface area contributed by atoms with Crippen LogP contribution in [0, 0.1) is 11.7 Å². The second kappa shape index (κ2) is 12.5. The SMILES string of the molecule is Cc1cc(CC(=O)Nc2cnn(C(C)(C)C)c2)ccc1Oc1ccnc2ccc([S-](=N)=O)cc12.[HH].[HH].c1cnccn1. The van der Waals surface area contributed by atoms with E-state index in [0.29, 0.717) is 33.0 Å². The van der Waals surface area contributed by atoms with Crippen LogP contribution in [0.3, 0.4) is 0 Å². The number of carbonyl (C=O) groups is 1. The molecule has 0 fully saturated rings. The van der Waals surface area contributed by atoms with Crippen molar-refractivity contribution >= 4 is 33.1 Å². The molecule has 3 heterocycles. The van der Waals surface area contributed by atoms with E-state index in [0.717, 1.165) is 11.1 Å². The van der Waals surface area contributed by atoms with Gasteiger partial charge in [0.25, 0.3) is 0 Å². The molecule has 10 nitrogen and oxygen atoms in total. The minimum absolute atomic E-state index is 0. The smallest absolute Gasteiger partial charge is 0.228 e. The van der Waals surface area contributed by atoms with E-state index in [9.17, 15) is 9.00 Å². The van der Waals surface area contributed by atoms with E-state index in [1.807, 2.05) is 56.8 Å². The Morgan fingerprint density at radius 2 is 1.75 bits per heavy atom. The molecular weight excluding hydrogens is 526 g/mol. The van der Waals surface area contributed by atoms with Gasteiger partial charge in [0.1, 0.15) is 11.5 Å². The maximum absolute atomic E-state index is 12.5. The number of rotatable bonds is 6. The molecule has 5 aromatic rings. The summed E-state index contributed by atoms with van der Waals surface area (Å²) in [5.74, 6) is 1.07. The van der Waals surface area contributed by atoms with E-state index in [1.165, 1.54) is 0 Å². The van der Waals surface area contributed by atoms with Crippen LogP contribution in [-0.2, 0) is 31.6 Å². The predicted molar refractivity (Wildman–Crippen MR) is 158 cm³/mol. The first-order valence-electron chi connectivity index (χ1n) is 12.4. The highest BCUT2D eigenvalue weighted by Gasteiger charge is 2.15. The molecular formula is C29H34N7O3S-. The van der Waals surface area contributed by atoms with Crippen LogP contribution in [-0.4, -0.2) is 30.6 Å². The van der Waals surface area contributed by atoms with Crippen molar-refractivity contribution in [2.45, 2.75) is 44.6 Å². The van der Waals surface area contributed by atoms with Gasteiger partial charge in [0.05, 0.1) is 29.4 Å². The summed E-state index contributed by atoms with van der Waals surface area (Å²) in [4.78, 5) is 24.7. The van der Waals surface area contributed by atoms with Gasteiger partial charge in [-0.1, -0.05) is 29.2 Å². The molecule has 2 aromatic carbocycles. The summed E-state index contributed by atoms with van der Waals surface area (Å²) >= 11 is 0. The van der Waals surface area contributed by atoms with Crippen LogP contribution < -0.4 is 10.1 Å².